The number of aliphatic hydroxyl groups excluding tert-OH is 33. The monoisotopic (exact) mass is 2150 g/mol. The molecule has 5 amide bonds. The second kappa shape index (κ2) is 54.2. The third-order valence-corrected chi connectivity index (χ3v) is 26.7. The lowest BCUT2D eigenvalue weighted by atomic mass is 9.93. The number of carbonyl (C=O) groups is 5. The van der Waals surface area contributed by atoms with Crippen LogP contribution in [0.3, 0.4) is 0 Å². The second-order valence-corrected chi connectivity index (χ2v) is 37.1. The van der Waals surface area contributed by atoms with Crippen LogP contribution in [0.15, 0.2) is 0 Å². The van der Waals surface area contributed by atoms with Gasteiger partial charge in [0.05, 0.1) is 91.4 Å². The maximum absolute atomic E-state index is 13.4. The number of carbonyl (C=O) groups excluding carboxylic acids is 5. The Bertz CT molecular complexity index is 4050. The van der Waals surface area contributed by atoms with Crippen LogP contribution >= 0.6 is 0 Å². The van der Waals surface area contributed by atoms with Gasteiger partial charge in [-0.15, -0.1) is 0 Å². The zero-order chi connectivity index (χ0) is 109. The van der Waals surface area contributed by atoms with Crippen molar-refractivity contribution in [2.45, 2.75) is 403 Å². The topological polar surface area (TPSA) is 1020 Å². The average Bonchev–Trinajstić information content (AvgIpc) is 0.782. The van der Waals surface area contributed by atoms with E-state index in [9.17, 15) is 192 Å². The zero-order valence-corrected chi connectivity index (χ0v) is 79.3. The van der Waals surface area contributed by atoms with Gasteiger partial charge in [0.25, 0.3) is 0 Å². The average molecular weight is 2150 g/mol. The number of hydrogen-bond donors (Lipinski definition) is 38. The van der Waals surface area contributed by atoms with E-state index >= 15 is 0 Å². The molecule has 11 heterocycles. The Morgan fingerprint density at radius 1 is 0.252 bits per heavy atom. The fourth-order valence-electron chi connectivity index (χ4n) is 18.8. The first-order chi connectivity index (χ1) is 69.5. The van der Waals surface area contributed by atoms with Crippen molar-refractivity contribution < 1.29 is 297 Å². The van der Waals surface area contributed by atoms with Crippen LogP contribution in [0.1, 0.15) is 41.5 Å². The Morgan fingerprint density at radius 3 is 0.878 bits per heavy atom. The van der Waals surface area contributed by atoms with Crippen LogP contribution in [0.25, 0.3) is 0 Å². The van der Waals surface area contributed by atoms with Crippen molar-refractivity contribution in [2.75, 3.05) is 79.3 Å². The summed E-state index contributed by atoms with van der Waals surface area (Å²) in [5, 5.41) is 383. The van der Waals surface area contributed by atoms with Gasteiger partial charge in [0.2, 0.25) is 29.5 Å². The van der Waals surface area contributed by atoms with Gasteiger partial charge in [-0.1, -0.05) is 0 Å². The smallest absolute Gasteiger partial charge is 0.217 e. The number of aliphatic hydroxyl groups is 33. The van der Waals surface area contributed by atoms with Crippen LogP contribution in [0.4, 0.5) is 0 Å². The Balaban J connectivity index is 0.909. The number of hydrogen-bond acceptors (Lipinski definition) is 60. The molecular formula is C82H139N5O60. The molecule has 0 aliphatic carbocycles. The van der Waals surface area contributed by atoms with Crippen LogP contribution in [0, 0.1) is 0 Å². The Labute approximate surface area is 833 Å². The molecule has 65 nitrogen and oxygen atoms in total. The predicted molar refractivity (Wildman–Crippen MR) is 454 cm³/mol. The summed E-state index contributed by atoms with van der Waals surface area (Å²) in [5.74, 6) is -4.97. The van der Waals surface area contributed by atoms with Crippen molar-refractivity contribution in [2.24, 2.45) is 0 Å². The summed E-state index contributed by atoms with van der Waals surface area (Å²) < 4.78 is 131. The van der Waals surface area contributed by atoms with Crippen LogP contribution in [-0.2, 0) is 128 Å². The Hall–Kier alpha value is -4.85. The minimum absolute atomic E-state index is 0.856. The highest BCUT2D eigenvalue weighted by Gasteiger charge is 2.63. The maximum Gasteiger partial charge on any atom is 0.217 e. The highest BCUT2D eigenvalue weighted by molar-refractivity contribution is 5.75. The van der Waals surface area contributed by atoms with Crippen molar-refractivity contribution in [3.8, 4) is 0 Å². The summed E-state index contributed by atoms with van der Waals surface area (Å²) in [6.45, 7) is -8.32. The molecule has 11 rings (SSSR count). The Kier molecular flexibility index (Phi) is 45.1. The molecule has 0 bridgehead atoms. The number of nitrogens with one attached hydrogen (secondary N) is 5. The van der Waals surface area contributed by atoms with Crippen molar-refractivity contribution >= 4 is 29.5 Å². The molecule has 0 saturated carbocycles. The maximum atomic E-state index is 13.4. The zero-order valence-electron chi connectivity index (χ0n) is 79.3. The molecule has 38 N–H and O–H groups in total. The highest BCUT2D eigenvalue weighted by atomic mass is 16.8. The van der Waals surface area contributed by atoms with Gasteiger partial charge < -0.3 is 299 Å². The van der Waals surface area contributed by atoms with E-state index in [1.54, 1.807) is 0 Å². The van der Waals surface area contributed by atoms with E-state index in [0.29, 0.717) is 0 Å². The van der Waals surface area contributed by atoms with Gasteiger partial charge in [-0.3, -0.25) is 24.0 Å². The second-order valence-electron chi connectivity index (χ2n) is 37.1. The summed E-state index contributed by atoms with van der Waals surface area (Å²) in [4.78, 5) is 65.1. The summed E-state index contributed by atoms with van der Waals surface area (Å²) in [6, 6.07) is -9.98. The standard InChI is InChI=1S/C82H139N5O60/c1-19-41(104)53(116)58(121)76(128-19)126-17-26(103)63(42(105)25(7-88)83-20(2)98)139-72-37(84-21(3)99)49(112)67(34(15-96)134-72)143-80-62(125)69(48(111)36(138-80)18-127-81-70(56(119)45(108)29(10-91)132-81)146-74-39(86-23(5)101)51(114)65(33(14-95)136-74)141-78-60(123)55(118)44(107)28(9-90)130-78)145-82-71(57(120)46(109)30(11-92)133-82)147-75-40(87-24(6)102)52(115)66(35(16-97)137-75)142-79-61(124)68(47(110)31(12-93)131-79)144-73-38(85-22(4)100)50(113)64(32(13-94)135-73)140-77-59(122)54(117)43(106)27(8-89)129-77/h19,25-82,88-97,103-125H,7-18H2,1-6H3,(H,83,98)(H,84,99)(H,85,100)(H,86,101)(H,87,102)/t19-,25-,26+,27+,28+,29+,30+,31+,32+,33+,34+,35+,36+,37+,38+,39+,40+,41+,42+,43-,44-,45+,46+,47-,48+,49+,50+,51+,52+,53+,54-,55-,56-,57-,58-,59+,60+,61+,62-,63+,64+,65+,66+,67+,68-,69-,70-,71-,72-,73-,74-,75-,76+,77-,78-,79-,80-,81-,82+/m0/s1. The molecule has 65 heteroatoms. The molecule has 0 radical (unpaired) electrons. The number of ether oxygens (including phenoxy) is 22. The summed E-state index contributed by atoms with van der Waals surface area (Å²) in [6.07, 6.45) is -117. The molecule has 0 unspecified atom stereocenters. The summed E-state index contributed by atoms with van der Waals surface area (Å²) in [5.41, 5.74) is 0. The molecule has 11 saturated heterocycles. The predicted octanol–water partition coefficient (Wildman–Crippen LogP) is -25.8. The van der Waals surface area contributed by atoms with E-state index in [-0.39, 0.29) is 0 Å². The van der Waals surface area contributed by atoms with Gasteiger partial charge in [0, 0.05) is 34.6 Å². The van der Waals surface area contributed by atoms with Crippen LogP contribution in [0.2, 0.25) is 0 Å². The normalized spacial score (nSPS) is 47.3. The van der Waals surface area contributed by atoms with Gasteiger partial charge in [-0.2, -0.15) is 0 Å². The third-order valence-electron chi connectivity index (χ3n) is 26.7. The summed E-state index contributed by atoms with van der Waals surface area (Å²) >= 11 is 0. The lowest BCUT2D eigenvalue weighted by molar-refractivity contribution is -0.400. The van der Waals surface area contributed by atoms with E-state index < -0.39 is 471 Å². The number of rotatable bonds is 42. The molecule has 0 spiro atoms. The van der Waals surface area contributed by atoms with Crippen molar-refractivity contribution in [3.63, 3.8) is 0 Å². The largest absolute Gasteiger partial charge is 0.394 e. The minimum atomic E-state index is -2.73. The first kappa shape index (κ1) is 122. The van der Waals surface area contributed by atoms with E-state index in [1.165, 1.54) is 6.92 Å². The molecule has 0 aromatic rings. The molecule has 0 aromatic carbocycles. The lowest BCUT2D eigenvalue weighted by Crippen LogP contribution is -2.71. The Morgan fingerprint density at radius 2 is 0.524 bits per heavy atom. The van der Waals surface area contributed by atoms with E-state index in [1.807, 2.05) is 0 Å². The molecule has 59 atom stereocenters. The third kappa shape index (κ3) is 27.9. The molecule has 11 aliphatic rings. The highest BCUT2D eigenvalue weighted by Crippen LogP contribution is 2.42. The van der Waals surface area contributed by atoms with Crippen molar-refractivity contribution in [1.82, 2.24) is 26.6 Å². The fraction of sp³-hybridized carbons (Fsp3) is 0.939. The SMILES string of the molecule is CC(=O)N[C@H]1[C@H](O[C@@H]([C@H](O)[C@H](CO)NC(C)=O)[C@H](O)CO[C@@H]2O[C@@H](C)[C@@H](O)[C@@H](O)[C@@H]2O)O[C@H](CO)[C@@H](O[C@@H]2O[C@H](CO[C@H]3O[C@H](CO)[C@@H](O)[C@H](O)[C@@H]3O[C@@H]3O[C@H](CO)[C@@H](O[C@@H]4O[C@H](CO)[C@H](O)[C@H](O)[C@H]4O)[C@H](O)[C@H]3NC(C)=O)[C@@H](O)[C@H](O[C@H]3O[C@H](CO)[C@@H](O)[C@H](O)[C@@H]3O[C@@H]3O[C@H](CO)[C@@H](O[C@@H]4O[C@H](CO)[C@H](O)[C@H](O[C@@H]5O[C@H](CO)[C@@H](O[C@@H]6O[C@H](CO)[C@H](O)[C@H](O)[C@H]6O)[C@H](O)[C@H]5NC(C)=O)[C@H]4O)[C@H](O)[C@H]3NC(C)=O)[C@@H]2O)[C@@H]1O. The summed E-state index contributed by atoms with van der Waals surface area (Å²) in [7, 11) is 0. The van der Waals surface area contributed by atoms with Crippen molar-refractivity contribution in [1.29, 1.82) is 0 Å². The van der Waals surface area contributed by atoms with Gasteiger partial charge in [0.1, 0.15) is 281 Å². The molecule has 0 aromatic heterocycles. The van der Waals surface area contributed by atoms with Gasteiger partial charge in [-0.25, -0.2) is 0 Å². The quantitative estimate of drug-likeness (QED) is 0.0270. The molecule has 11 fully saturated rings. The van der Waals surface area contributed by atoms with Gasteiger partial charge >= 0.3 is 0 Å². The van der Waals surface area contributed by atoms with Gasteiger partial charge in [0.15, 0.2) is 69.2 Å². The first-order valence-electron chi connectivity index (χ1n) is 46.9. The first-order valence-corrected chi connectivity index (χ1v) is 46.9. The van der Waals surface area contributed by atoms with Crippen LogP contribution < -0.4 is 26.6 Å². The van der Waals surface area contributed by atoms with E-state index in [0.717, 1.165) is 34.6 Å². The number of amides is 5. The lowest BCUT2D eigenvalue weighted by Gasteiger charge is -2.51. The van der Waals surface area contributed by atoms with E-state index in [4.69, 9.17) is 104 Å². The van der Waals surface area contributed by atoms with E-state index in [2.05, 4.69) is 26.6 Å². The molecule has 11 aliphatic heterocycles. The van der Waals surface area contributed by atoms with Crippen molar-refractivity contribution in [3.05, 3.63) is 0 Å². The molecular weight excluding hydrogens is 2010 g/mol. The van der Waals surface area contributed by atoms with Crippen LogP contribution in [0.5, 0.6) is 0 Å². The minimum Gasteiger partial charge on any atom is -0.394 e. The molecule has 852 valence electrons. The molecule has 147 heavy (non-hydrogen) atoms. The van der Waals surface area contributed by atoms with Gasteiger partial charge in [-0.05, 0) is 6.92 Å². The van der Waals surface area contributed by atoms with Crippen LogP contribution in [-0.4, -0.2) is 639 Å². The fourth-order valence-corrected chi connectivity index (χ4v) is 18.8.